The van der Waals surface area contributed by atoms with Gasteiger partial charge in [0.05, 0.1) is 31.3 Å². The zero-order valence-corrected chi connectivity index (χ0v) is 23.1. The summed E-state index contributed by atoms with van der Waals surface area (Å²) in [5.74, 6) is -0.0591. The Morgan fingerprint density at radius 1 is 1.05 bits per heavy atom. The zero-order chi connectivity index (χ0) is 28.8. The van der Waals surface area contributed by atoms with E-state index in [1.807, 2.05) is 0 Å². The fourth-order valence-electron chi connectivity index (χ4n) is 7.25. The molecule has 1 aliphatic carbocycles. The molecule has 0 aromatic carbocycles. The lowest BCUT2D eigenvalue weighted by Crippen LogP contribution is -2.51. The van der Waals surface area contributed by atoms with Crippen LogP contribution in [0.1, 0.15) is 25.3 Å². The van der Waals surface area contributed by atoms with Crippen molar-refractivity contribution in [3.8, 4) is 0 Å². The number of halogens is 1. The third-order valence-corrected chi connectivity index (χ3v) is 10.7. The number of hydrogen-bond donors (Lipinski definition) is 4. The standard InChI is InChI=1S/C22H22FN10O7PS/c23-8-7-1-2-21-13-12(38-21)19(32-5-28-9-14(24)26-4-27-15(9)32)39-22(13,21)3-36-41(35,42)40-11(8)18(37-7)33-6-29-10-16(33)30-20(25)31-17(10)34/h4-8,11-13,18-19H,1-3H2,(H,35,42)(H2,24,26,27)(H3,25,30,31,34)/t7-,8-,11-,12-,13-,18-,19-,21?,22?,41?/m1/s1. The van der Waals surface area contributed by atoms with Crippen LogP contribution in [0.25, 0.3) is 22.3 Å². The van der Waals surface area contributed by atoms with Crippen LogP contribution in [0.3, 0.4) is 0 Å². The third kappa shape index (κ3) is 3.08. The highest BCUT2D eigenvalue weighted by Gasteiger charge is 2.94. The normalized spacial score (nSPS) is 42.2. The Morgan fingerprint density at radius 2 is 1.83 bits per heavy atom. The van der Waals surface area contributed by atoms with Crippen LogP contribution in [0.5, 0.6) is 0 Å². The van der Waals surface area contributed by atoms with Crippen LogP contribution in [-0.4, -0.2) is 81.3 Å². The smallest absolute Gasteiger partial charge is 0.382 e. The molecule has 42 heavy (non-hydrogen) atoms. The summed E-state index contributed by atoms with van der Waals surface area (Å²) in [6.07, 6.45) is -1.54. The number of imidazole rings is 2. The fraction of sp³-hybridized carbons (Fsp3) is 0.545. The van der Waals surface area contributed by atoms with Gasteiger partial charge in [-0.1, -0.05) is 12.2 Å². The van der Waals surface area contributed by atoms with Gasteiger partial charge in [0.15, 0.2) is 41.3 Å². The topological polar surface area (TPSA) is 222 Å². The molecule has 0 radical (unpaired) electrons. The number of thiol groups is 1. The van der Waals surface area contributed by atoms with E-state index in [4.69, 9.17) is 34.7 Å². The number of alkyl halides is 1. The maximum Gasteiger partial charge on any atom is 0.386 e. The molecular formula is C22H22FN10O7PS. The second-order valence-electron chi connectivity index (χ2n) is 11.1. The van der Waals surface area contributed by atoms with Gasteiger partial charge in [0.1, 0.15) is 35.3 Å². The Balaban J connectivity index is 1.04. The molecule has 17 nitrogen and oxygen atoms in total. The summed E-state index contributed by atoms with van der Waals surface area (Å²) in [6.45, 7) is -4.36. The number of nitrogens with zero attached hydrogens (tertiary/aromatic N) is 7. The molecule has 4 aromatic heterocycles. The minimum absolute atomic E-state index is 0.0242. The molecule has 5 aliphatic rings. The van der Waals surface area contributed by atoms with Crippen molar-refractivity contribution >= 4 is 53.1 Å². The van der Waals surface area contributed by atoms with E-state index in [0.717, 1.165) is 0 Å². The van der Waals surface area contributed by atoms with Crippen molar-refractivity contribution in [2.45, 2.75) is 61.0 Å². The monoisotopic (exact) mass is 620 g/mol. The first-order chi connectivity index (χ1) is 20.1. The van der Waals surface area contributed by atoms with Gasteiger partial charge in [0, 0.05) is 0 Å². The minimum Gasteiger partial charge on any atom is -0.382 e. The molecule has 9 rings (SSSR count). The van der Waals surface area contributed by atoms with Crippen LogP contribution in [0.2, 0.25) is 0 Å². The predicted molar refractivity (Wildman–Crippen MR) is 142 cm³/mol. The van der Waals surface area contributed by atoms with E-state index >= 15 is 4.39 Å². The maximum absolute atomic E-state index is 15.9. The van der Waals surface area contributed by atoms with Crippen molar-refractivity contribution in [2.24, 2.45) is 5.92 Å². The van der Waals surface area contributed by atoms with E-state index in [9.17, 15) is 9.36 Å². The summed E-state index contributed by atoms with van der Waals surface area (Å²) in [7, 11) is 0. The van der Waals surface area contributed by atoms with Crippen molar-refractivity contribution in [1.29, 1.82) is 0 Å². The summed E-state index contributed by atoms with van der Waals surface area (Å²) >= 11 is 4.17. The average Bonchev–Trinajstić information content (AvgIpc) is 3.53. The molecule has 4 aliphatic heterocycles. The lowest BCUT2D eigenvalue weighted by molar-refractivity contribution is -0.261. The van der Waals surface area contributed by atoms with Gasteiger partial charge in [-0.05, 0) is 12.8 Å². The molecule has 4 aromatic rings. The highest BCUT2D eigenvalue weighted by Crippen LogP contribution is 2.80. The van der Waals surface area contributed by atoms with Gasteiger partial charge in [-0.2, -0.15) is 4.98 Å². The summed E-state index contributed by atoms with van der Waals surface area (Å²) < 4.78 is 63.1. The number of nitrogen functional groups attached to an aromatic ring is 2. The zero-order valence-electron chi connectivity index (χ0n) is 21.3. The molecule has 5 fully saturated rings. The van der Waals surface area contributed by atoms with Gasteiger partial charge < -0.3 is 25.7 Å². The molecular weight excluding hydrogens is 598 g/mol. The number of hydrogen-bond acceptors (Lipinski definition) is 14. The van der Waals surface area contributed by atoms with Crippen LogP contribution in [-0.2, 0) is 27.8 Å². The van der Waals surface area contributed by atoms with Crippen LogP contribution in [0.15, 0.2) is 23.8 Å². The number of aromatic nitrogens is 8. The van der Waals surface area contributed by atoms with Gasteiger partial charge in [0.25, 0.3) is 5.56 Å². The SMILES string of the molecule is Nc1nc2c(ncn2[C@@H]2O[C@@H]3CCC45O[C@@H]6[C@H]4C5(COP(=O)(S)O[C@@H]2[C@@H]3F)O[C@H]6n2cnc3c(N)ncnc32)c(=O)[nH]1. The first-order valence-corrected chi connectivity index (χ1v) is 15.8. The van der Waals surface area contributed by atoms with Gasteiger partial charge in [0.2, 0.25) is 5.95 Å². The van der Waals surface area contributed by atoms with E-state index in [0.29, 0.717) is 17.6 Å². The van der Waals surface area contributed by atoms with E-state index < -0.39 is 54.4 Å². The van der Waals surface area contributed by atoms with Gasteiger partial charge in [-0.25, -0.2) is 28.9 Å². The number of aromatic amines is 1. The van der Waals surface area contributed by atoms with E-state index in [2.05, 4.69) is 42.2 Å². The van der Waals surface area contributed by atoms with Crippen molar-refractivity contribution in [1.82, 2.24) is 39.0 Å². The number of H-pyrrole nitrogens is 1. The number of ether oxygens (including phenoxy) is 3. The Bertz CT molecular complexity index is 1920. The first kappa shape index (κ1) is 25.3. The lowest BCUT2D eigenvalue weighted by atomic mass is 9.95. The van der Waals surface area contributed by atoms with Crippen molar-refractivity contribution in [2.75, 3.05) is 18.1 Å². The molecule has 20 heteroatoms. The molecule has 5 N–H and O–H groups in total. The Hall–Kier alpha value is -3.19. The summed E-state index contributed by atoms with van der Waals surface area (Å²) in [5.41, 5.74) is 10.3. The van der Waals surface area contributed by atoms with Gasteiger partial charge in [-0.3, -0.25) is 28.0 Å². The molecule has 2 spiro atoms. The summed E-state index contributed by atoms with van der Waals surface area (Å²) in [5, 5.41) is 0. The molecule has 10 atom stereocenters. The highest BCUT2D eigenvalue weighted by molar-refractivity contribution is 8.44. The van der Waals surface area contributed by atoms with E-state index in [1.54, 1.807) is 10.9 Å². The van der Waals surface area contributed by atoms with Crippen LogP contribution < -0.4 is 17.0 Å². The maximum atomic E-state index is 15.9. The molecule has 2 bridgehead atoms. The van der Waals surface area contributed by atoms with Crippen molar-refractivity contribution in [3.05, 3.63) is 29.3 Å². The highest BCUT2D eigenvalue weighted by atomic mass is 32.7. The van der Waals surface area contributed by atoms with Crippen LogP contribution >= 0.6 is 19.0 Å². The van der Waals surface area contributed by atoms with Gasteiger partial charge >= 0.3 is 6.80 Å². The fourth-order valence-corrected chi connectivity index (χ4v) is 8.69. The number of nitrogens with two attached hydrogens (primary N) is 2. The molecule has 220 valence electrons. The minimum atomic E-state index is -4.19. The quantitative estimate of drug-likeness (QED) is 0.178. The summed E-state index contributed by atoms with van der Waals surface area (Å²) in [4.78, 5) is 35.4. The predicted octanol–water partition coefficient (Wildman–Crippen LogP) is 0.628. The van der Waals surface area contributed by atoms with E-state index in [-0.39, 0.29) is 48.0 Å². The molecule has 3 unspecified atom stereocenters. The molecule has 1 saturated carbocycles. The number of fused-ring (bicyclic) bond motifs is 4. The van der Waals surface area contributed by atoms with E-state index in [1.165, 1.54) is 17.2 Å². The van der Waals surface area contributed by atoms with Crippen molar-refractivity contribution < 1.29 is 32.2 Å². The summed E-state index contributed by atoms with van der Waals surface area (Å²) in [6, 6.07) is 0. The largest absolute Gasteiger partial charge is 0.386 e. The Labute approximate surface area is 238 Å². The first-order valence-electron chi connectivity index (χ1n) is 13.1. The molecule has 8 heterocycles. The van der Waals surface area contributed by atoms with Crippen LogP contribution in [0.4, 0.5) is 16.2 Å². The average molecular weight is 621 g/mol. The second-order valence-corrected chi connectivity index (χ2v) is 13.9. The Morgan fingerprint density at radius 3 is 2.67 bits per heavy atom. The number of nitrogens with one attached hydrogen (secondary N) is 1. The molecule has 0 amide bonds. The van der Waals surface area contributed by atoms with Gasteiger partial charge in [-0.15, -0.1) is 0 Å². The Kier molecular flexibility index (Phi) is 4.85. The lowest BCUT2D eigenvalue weighted by Gasteiger charge is -2.43. The third-order valence-electron chi connectivity index (χ3n) is 9.07. The van der Waals surface area contributed by atoms with Crippen LogP contribution in [0, 0.1) is 5.92 Å². The second kappa shape index (κ2) is 8.04. The van der Waals surface area contributed by atoms with Crippen molar-refractivity contribution in [3.63, 3.8) is 0 Å². The molecule has 4 saturated heterocycles. The number of anilines is 2. The number of rotatable bonds is 2.